The van der Waals surface area contributed by atoms with E-state index in [0.717, 1.165) is 11.6 Å². The predicted octanol–water partition coefficient (Wildman–Crippen LogP) is 4.36. The zero-order valence-corrected chi connectivity index (χ0v) is 23.4. The molecule has 2 heterocycles. The number of rotatable bonds is 10. The first-order chi connectivity index (χ1) is 19.1. The van der Waals surface area contributed by atoms with E-state index in [-0.39, 0.29) is 17.0 Å². The third-order valence-electron chi connectivity index (χ3n) is 6.50. The van der Waals surface area contributed by atoms with Gasteiger partial charge in [-0.25, -0.2) is 12.8 Å². The second kappa shape index (κ2) is 11.8. The summed E-state index contributed by atoms with van der Waals surface area (Å²) in [5.41, 5.74) is 2.02. The smallest absolute Gasteiger partial charge is 0.170 e. The van der Waals surface area contributed by atoms with E-state index in [1.54, 1.807) is 35.2 Å². The van der Waals surface area contributed by atoms with Gasteiger partial charge >= 0.3 is 0 Å². The summed E-state index contributed by atoms with van der Waals surface area (Å²) in [6.07, 6.45) is 2.15. The molecule has 4 rings (SSSR count). The van der Waals surface area contributed by atoms with Crippen molar-refractivity contribution in [3.8, 4) is 34.6 Å². The molecule has 0 radical (unpaired) electrons. The Labute approximate surface area is 231 Å². The highest BCUT2D eigenvalue weighted by Gasteiger charge is 2.35. The molecule has 0 saturated carbocycles. The van der Waals surface area contributed by atoms with Crippen LogP contribution in [0.1, 0.15) is 35.5 Å². The first-order valence-electron chi connectivity index (χ1n) is 12.2. The standard InChI is InChI=1S/C28H28FN5O5S/c1-17-11-20(15-31-14-17)28-33-32-25(34(28)26-23(37-3)7-6-8-24(26)38-4)16-40(35,36)18(2)27(39-5)21-10-9-19(13-30)12-22(21)29/h6-12,14-15,18,27H,16H2,1-5H3/t18-,27+/m0/s1. The molecule has 0 aliphatic heterocycles. The van der Waals surface area contributed by atoms with E-state index in [1.807, 2.05) is 19.1 Å². The van der Waals surface area contributed by atoms with Crippen LogP contribution in [0.25, 0.3) is 17.1 Å². The van der Waals surface area contributed by atoms with Crippen molar-refractivity contribution >= 4 is 9.84 Å². The van der Waals surface area contributed by atoms with Crippen LogP contribution in [0.4, 0.5) is 4.39 Å². The molecule has 40 heavy (non-hydrogen) atoms. The Balaban J connectivity index is 1.84. The lowest BCUT2D eigenvalue weighted by Gasteiger charge is -2.24. The monoisotopic (exact) mass is 565 g/mol. The summed E-state index contributed by atoms with van der Waals surface area (Å²) in [5.74, 6) is -0.0627. The van der Waals surface area contributed by atoms with Gasteiger partial charge in [-0.3, -0.25) is 9.55 Å². The number of para-hydroxylation sites is 1. The molecule has 0 N–H and O–H groups in total. The van der Waals surface area contributed by atoms with E-state index in [0.29, 0.717) is 28.6 Å². The van der Waals surface area contributed by atoms with Gasteiger partial charge in [0.25, 0.3) is 0 Å². The quantitative estimate of drug-likeness (QED) is 0.275. The van der Waals surface area contributed by atoms with Crippen LogP contribution >= 0.6 is 0 Å². The summed E-state index contributed by atoms with van der Waals surface area (Å²) < 4.78 is 60.6. The van der Waals surface area contributed by atoms with Crippen LogP contribution in [-0.2, 0) is 20.3 Å². The highest BCUT2D eigenvalue weighted by molar-refractivity contribution is 7.91. The molecule has 0 aliphatic carbocycles. The maximum atomic E-state index is 14.8. The van der Waals surface area contributed by atoms with E-state index < -0.39 is 32.8 Å². The van der Waals surface area contributed by atoms with Crippen molar-refractivity contribution in [1.82, 2.24) is 19.7 Å². The molecule has 2 aromatic heterocycles. The molecule has 0 amide bonds. The lowest BCUT2D eigenvalue weighted by Crippen LogP contribution is -2.29. The van der Waals surface area contributed by atoms with Crippen LogP contribution in [-0.4, -0.2) is 54.7 Å². The number of nitriles is 1. The average molecular weight is 566 g/mol. The summed E-state index contributed by atoms with van der Waals surface area (Å²) >= 11 is 0. The van der Waals surface area contributed by atoms with Gasteiger partial charge in [0.2, 0.25) is 0 Å². The van der Waals surface area contributed by atoms with E-state index in [2.05, 4.69) is 15.2 Å². The van der Waals surface area contributed by atoms with Crippen molar-refractivity contribution in [2.45, 2.75) is 31.0 Å². The number of aromatic nitrogens is 4. The summed E-state index contributed by atoms with van der Waals surface area (Å²) in [6.45, 7) is 3.32. The number of sulfone groups is 1. The minimum absolute atomic E-state index is 0.0250. The Morgan fingerprint density at radius 1 is 1.05 bits per heavy atom. The first-order valence-corrected chi connectivity index (χ1v) is 13.9. The number of halogens is 1. The van der Waals surface area contributed by atoms with Crippen molar-refractivity contribution < 1.29 is 27.0 Å². The maximum Gasteiger partial charge on any atom is 0.170 e. The number of hydrogen-bond donors (Lipinski definition) is 0. The molecule has 0 aliphatic rings. The van der Waals surface area contributed by atoms with Gasteiger partial charge in [0.05, 0.1) is 31.1 Å². The molecule has 2 atom stereocenters. The van der Waals surface area contributed by atoms with Gasteiger partial charge in [-0.15, -0.1) is 10.2 Å². The number of hydrogen-bond acceptors (Lipinski definition) is 9. The molecule has 10 nitrogen and oxygen atoms in total. The number of pyridine rings is 1. The minimum atomic E-state index is -4.03. The van der Waals surface area contributed by atoms with Crippen LogP contribution in [0.5, 0.6) is 11.5 Å². The largest absolute Gasteiger partial charge is 0.494 e. The van der Waals surface area contributed by atoms with Crippen molar-refractivity contribution in [2.75, 3.05) is 21.3 Å². The average Bonchev–Trinajstić information content (AvgIpc) is 3.35. The molecule has 0 saturated heterocycles. The number of nitrogens with zero attached hydrogens (tertiary/aromatic N) is 5. The third kappa shape index (κ3) is 5.52. The fraction of sp³-hybridized carbons (Fsp3) is 0.286. The van der Waals surface area contributed by atoms with Crippen molar-refractivity contribution in [2.24, 2.45) is 0 Å². The van der Waals surface area contributed by atoms with E-state index in [1.165, 1.54) is 40.4 Å². The van der Waals surface area contributed by atoms with Gasteiger partial charge in [-0.1, -0.05) is 12.1 Å². The Bertz CT molecular complexity index is 1660. The predicted molar refractivity (Wildman–Crippen MR) is 145 cm³/mol. The lowest BCUT2D eigenvalue weighted by molar-refractivity contribution is 0.0990. The molecular weight excluding hydrogens is 537 g/mol. The summed E-state index contributed by atoms with van der Waals surface area (Å²) in [6, 6.07) is 12.7. The normalized spacial score (nSPS) is 12.9. The molecule has 0 fully saturated rings. The summed E-state index contributed by atoms with van der Waals surface area (Å²) in [7, 11) is 0.257. The Morgan fingerprint density at radius 3 is 2.33 bits per heavy atom. The van der Waals surface area contributed by atoms with Crippen LogP contribution in [0, 0.1) is 24.1 Å². The highest BCUT2D eigenvalue weighted by atomic mass is 32.2. The number of ether oxygens (including phenoxy) is 3. The first kappa shape index (κ1) is 28.7. The molecule has 0 spiro atoms. The van der Waals surface area contributed by atoms with Crippen LogP contribution in [0.15, 0.2) is 54.9 Å². The molecule has 12 heteroatoms. The van der Waals surface area contributed by atoms with Gasteiger partial charge < -0.3 is 14.2 Å². The second-order valence-corrected chi connectivity index (χ2v) is 11.4. The van der Waals surface area contributed by atoms with Crippen LogP contribution in [0.3, 0.4) is 0 Å². The fourth-order valence-corrected chi connectivity index (χ4v) is 5.90. The second-order valence-electron chi connectivity index (χ2n) is 9.05. The number of aryl methyl sites for hydroxylation is 1. The van der Waals surface area contributed by atoms with E-state index in [4.69, 9.17) is 19.5 Å². The lowest BCUT2D eigenvalue weighted by atomic mass is 10.0. The van der Waals surface area contributed by atoms with Crippen LogP contribution in [0.2, 0.25) is 0 Å². The maximum absolute atomic E-state index is 14.8. The molecule has 2 aromatic carbocycles. The molecule has 0 unspecified atom stereocenters. The number of benzene rings is 2. The van der Waals surface area contributed by atoms with Gasteiger partial charge in [0.15, 0.2) is 21.5 Å². The van der Waals surface area contributed by atoms with Crippen LogP contribution < -0.4 is 9.47 Å². The summed E-state index contributed by atoms with van der Waals surface area (Å²) in [4.78, 5) is 4.25. The van der Waals surface area contributed by atoms with Gasteiger partial charge in [0.1, 0.15) is 34.9 Å². The fourth-order valence-electron chi connectivity index (χ4n) is 4.46. The molecule has 4 aromatic rings. The van der Waals surface area contributed by atoms with Crippen molar-refractivity contribution in [3.63, 3.8) is 0 Å². The zero-order chi connectivity index (χ0) is 29.0. The zero-order valence-electron chi connectivity index (χ0n) is 22.6. The Kier molecular flexibility index (Phi) is 8.46. The third-order valence-corrected chi connectivity index (χ3v) is 8.54. The highest BCUT2D eigenvalue weighted by Crippen LogP contribution is 2.37. The summed E-state index contributed by atoms with van der Waals surface area (Å²) in [5, 5.41) is 16.5. The van der Waals surface area contributed by atoms with Crippen molar-refractivity contribution in [3.05, 3.63) is 83.2 Å². The van der Waals surface area contributed by atoms with Gasteiger partial charge in [-0.05, 0) is 49.7 Å². The van der Waals surface area contributed by atoms with Gasteiger partial charge in [-0.2, -0.15) is 5.26 Å². The van der Waals surface area contributed by atoms with E-state index >= 15 is 0 Å². The SMILES string of the molecule is COc1cccc(OC)c1-n1c(CS(=O)(=O)[C@@H](C)[C@@H](OC)c2ccc(C#N)cc2F)nnc1-c1cncc(C)c1. The Hall–Kier alpha value is -4.34. The molecular formula is C28H28FN5O5S. The Morgan fingerprint density at radius 2 is 1.75 bits per heavy atom. The van der Waals surface area contributed by atoms with Crippen molar-refractivity contribution in [1.29, 1.82) is 5.26 Å². The minimum Gasteiger partial charge on any atom is -0.494 e. The molecule has 208 valence electrons. The molecule has 0 bridgehead atoms. The van der Waals surface area contributed by atoms with E-state index in [9.17, 15) is 12.8 Å². The van der Waals surface area contributed by atoms with Gasteiger partial charge in [0, 0.05) is 30.6 Å². The topological polar surface area (TPSA) is 129 Å². The number of methoxy groups -OCH3 is 3.